The fourth-order valence-electron chi connectivity index (χ4n) is 2.99. The zero-order chi connectivity index (χ0) is 16.4. The lowest BCUT2D eigenvalue weighted by atomic mass is 10.2. The van der Waals surface area contributed by atoms with E-state index < -0.39 is 0 Å². The summed E-state index contributed by atoms with van der Waals surface area (Å²) in [7, 11) is 0. The van der Waals surface area contributed by atoms with Crippen molar-refractivity contribution < 1.29 is 0 Å². The van der Waals surface area contributed by atoms with E-state index in [0.717, 1.165) is 29.7 Å². The Morgan fingerprint density at radius 3 is 2.75 bits per heavy atom. The van der Waals surface area contributed by atoms with E-state index in [0.29, 0.717) is 17.6 Å². The van der Waals surface area contributed by atoms with Crippen LogP contribution < -0.4 is 5.56 Å². The molecule has 6 nitrogen and oxygen atoms in total. The summed E-state index contributed by atoms with van der Waals surface area (Å²) in [5.74, 6) is 0.862. The van der Waals surface area contributed by atoms with Crippen LogP contribution in [0.3, 0.4) is 0 Å². The lowest BCUT2D eigenvalue weighted by Gasteiger charge is -2.16. The molecule has 1 aromatic carbocycles. The van der Waals surface area contributed by atoms with Crippen LogP contribution in [0.1, 0.15) is 18.4 Å². The molecular formula is C17H19N5OS. The maximum absolute atomic E-state index is 12.8. The van der Waals surface area contributed by atoms with E-state index in [1.54, 1.807) is 22.5 Å². The molecule has 0 spiro atoms. The number of H-pyrrole nitrogens is 1. The number of benzene rings is 1. The summed E-state index contributed by atoms with van der Waals surface area (Å²) in [4.78, 5) is 19.9. The summed E-state index contributed by atoms with van der Waals surface area (Å²) >= 11 is 1.63. The van der Waals surface area contributed by atoms with Gasteiger partial charge in [0.2, 0.25) is 0 Å². The Bertz CT molecular complexity index is 883. The van der Waals surface area contributed by atoms with Crippen molar-refractivity contribution in [2.45, 2.75) is 24.5 Å². The maximum Gasteiger partial charge on any atom is 0.265 e. The highest BCUT2D eigenvalue weighted by Crippen LogP contribution is 2.21. The molecule has 24 heavy (non-hydrogen) atoms. The number of aromatic amines is 1. The molecule has 1 aliphatic rings. The molecule has 2 aromatic heterocycles. The van der Waals surface area contributed by atoms with Crippen molar-refractivity contribution in [3.8, 4) is 0 Å². The molecule has 0 bridgehead atoms. The van der Waals surface area contributed by atoms with Gasteiger partial charge in [0.15, 0.2) is 10.8 Å². The lowest BCUT2D eigenvalue weighted by molar-refractivity contribution is 0.400. The average molecular weight is 341 g/mol. The van der Waals surface area contributed by atoms with Crippen molar-refractivity contribution in [3.63, 3.8) is 0 Å². The third-order valence-electron chi connectivity index (χ3n) is 4.29. The van der Waals surface area contributed by atoms with E-state index in [9.17, 15) is 4.79 Å². The van der Waals surface area contributed by atoms with Gasteiger partial charge in [-0.25, -0.2) is 4.98 Å². The number of fused-ring (bicyclic) bond motifs is 1. The van der Waals surface area contributed by atoms with Crippen LogP contribution in [0.5, 0.6) is 0 Å². The monoisotopic (exact) mass is 341 g/mol. The Morgan fingerprint density at radius 1 is 1.17 bits per heavy atom. The van der Waals surface area contributed by atoms with E-state index in [1.807, 2.05) is 30.3 Å². The molecule has 0 amide bonds. The minimum atomic E-state index is -0.0403. The first kappa shape index (κ1) is 15.4. The first-order chi connectivity index (χ1) is 11.8. The van der Waals surface area contributed by atoms with Crippen molar-refractivity contribution in [2.75, 3.05) is 19.0 Å². The molecular weight excluding hydrogens is 322 g/mol. The molecule has 0 radical (unpaired) electrons. The van der Waals surface area contributed by atoms with Crippen LogP contribution in [-0.4, -0.2) is 43.6 Å². The zero-order valence-electron chi connectivity index (χ0n) is 13.3. The fourth-order valence-corrected chi connectivity index (χ4v) is 4.00. The SMILES string of the molecule is O=c1c2cn[nH]c2nc(SCN2CCCC2)n1Cc1ccccc1. The van der Waals surface area contributed by atoms with E-state index in [1.165, 1.54) is 12.8 Å². The number of likely N-dealkylation sites (tertiary alicyclic amines) is 1. The molecule has 7 heteroatoms. The van der Waals surface area contributed by atoms with E-state index in [-0.39, 0.29) is 5.56 Å². The molecule has 1 N–H and O–H groups in total. The average Bonchev–Trinajstić information content (AvgIpc) is 3.28. The van der Waals surface area contributed by atoms with E-state index in [2.05, 4.69) is 20.1 Å². The van der Waals surface area contributed by atoms with Crippen LogP contribution >= 0.6 is 11.8 Å². The van der Waals surface area contributed by atoms with Gasteiger partial charge in [-0.05, 0) is 31.5 Å². The molecule has 1 saturated heterocycles. The first-order valence-corrected chi connectivity index (χ1v) is 9.13. The Morgan fingerprint density at radius 2 is 1.96 bits per heavy atom. The molecule has 0 aliphatic carbocycles. The van der Waals surface area contributed by atoms with Crippen molar-refractivity contribution >= 4 is 22.8 Å². The summed E-state index contributed by atoms with van der Waals surface area (Å²) in [5.41, 5.74) is 1.61. The van der Waals surface area contributed by atoms with Gasteiger partial charge in [-0.1, -0.05) is 42.1 Å². The Labute approximate surface area is 143 Å². The standard InChI is InChI=1S/C17H19N5OS/c23-16-14-10-18-20-15(14)19-17(24-12-21-8-4-5-9-21)22(16)11-13-6-2-1-3-7-13/h1-3,6-7,10H,4-5,8-9,11-12H2,(H,18,20). The Hall–Kier alpha value is -2.12. The number of thioether (sulfide) groups is 1. The van der Waals surface area contributed by atoms with Crippen LogP contribution in [0.2, 0.25) is 0 Å². The second kappa shape index (κ2) is 6.78. The molecule has 4 rings (SSSR count). The molecule has 124 valence electrons. The summed E-state index contributed by atoms with van der Waals surface area (Å²) in [5, 5.41) is 8.07. The molecule has 0 saturated carbocycles. The number of aromatic nitrogens is 4. The van der Waals surface area contributed by atoms with Crippen LogP contribution in [0.15, 0.2) is 46.5 Å². The highest BCUT2D eigenvalue weighted by molar-refractivity contribution is 7.99. The molecule has 1 aliphatic heterocycles. The predicted molar refractivity (Wildman–Crippen MR) is 95.2 cm³/mol. The molecule has 0 unspecified atom stereocenters. The van der Waals surface area contributed by atoms with Gasteiger partial charge in [-0.3, -0.25) is 19.4 Å². The van der Waals surface area contributed by atoms with Crippen LogP contribution in [0.25, 0.3) is 11.0 Å². The summed E-state index contributed by atoms with van der Waals surface area (Å²) in [6.45, 7) is 2.78. The maximum atomic E-state index is 12.8. The van der Waals surface area contributed by atoms with Crippen LogP contribution in [0.4, 0.5) is 0 Å². The fraction of sp³-hybridized carbons (Fsp3) is 0.353. The summed E-state index contributed by atoms with van der Waals surface area (Å²) < 4.78 is 1.76. The predicted octanol–water partition coefficient (Wildman–Crippen LogP) is 2.31. The third-order valence-corrected chi connectivity index (χ3v) is 5.36. The highest BCUT2D eigenvalue weighted by atomic mass is 32.2. The molecule has 1 fully saturated rings. The number of rotatable bonds is 5. The van der Waals surface area contributed by atoms with E-state index in [4.69, 9.17) is 0 Å². The topological polar surface area (TPSA) is 66.8 Å². The summed E-state index contributed by atoms with van der Waals surface area (Å²) in [6.07, 6.45) is 4.07. The minimum Gasteiger partial charge on any atom is -0.294 e. The first-order valence-electron chi connectivity index (χ1n) is 8.14. The van der Waals surface area contributed by atoms with Crippen LogP contribution in [0, 0.1) is 0 Å². The molecule has 3 heterocycles. The van der Waals surface area contributed by atoms with Crippen molar-refractivity contribution in [2.24, 2.45) is 0 Å². The van der Waals surface area contributed by atoms with Gasteiger partial charge in [0.05, 0.1) is 18.6 Å². The number of nitrogens with zero attached hydrogens (tertiary/aromatic N) is 4. The van der Waals surface area contributed by atoms with Gasteiger partial charge < -0.3 is 0 Å². The normalized spacial score (nSPS) is 15.3. The smallest absolute Gasteiger partial charge is 0.265 e. The van der Waals surface area contributed by atoms with Gasteiger partial charge in [0.1, 0.15) is 5.39 Å². The zero-order valence-corrected chi connectivity index (χ0v) is 14.1. The Kier molecular flexibility index (Phi) is 4.36. The highest BCUT2D eigenvalue weighted by Gasteiger charge is 2.16. The third kappa shape index (κ3) is 3.09. The van der Waals surface area contributed by atoms with Gasteiger partial charge >= 0.3 is 0 Å². The van der Waals surface area contributed by atoms with Gasteiger partial charge in [0.25, 0.3) is 5.56 Å². The second-order valence-electron chi connectivity index (χ2n) is 6.00. The number of hydrogen-bond acceptors (Lipinski definition) is 5. The Balaban J connectivity index is 1.69. The van der Waals surface area contributed by atoms with Gasteiger partial charge in [0, 0.05) is 0 Å². The lowest BCUT2D eigenvalue weighted by Crippen LogP contribution is -2.25. The second-order valence-corrected chi connectivity index (χ2v) is 6.91. The van der Waals surface area contributed by atoms with Gasteiger partial charge in [-0.2, -0.15) is 5.10 Å². The number of hydrogen-bond donors (Lipinski definition) is 1. The van der Waals surface area contributed by atoms with E-state index >= 15 is 0 Å². The van der Waals surface area contributed by atoms with Crippen molar-refractivity contribution in [1.82, 2.24) is 24.6 Å². The molecule has 0 atom stereocenters. The van der Waals surface area contributed by atoms with Crippen molar-refractivity contribution in [1.29, 1.82) is 0 Å². The largest absolute Gasteiger partial charge is 0.294 e. The van der Waals surface area contributed by atoms with Crippen molar-refractivity contribution in [3.05, 3.63) is 52.4 Å². The number of nitrogens with one attached hydrogen (secondary N) is 1. The molecule has 3 aromatic rings. The van der Waals surface area contributed by atoms with Gasteiger partial charge in [-0.15, -0.1) is 0 Å². The quantitative estimate of drug-likeness (QED) is 0.570. The van der Waals surface area contributed by atoms with Crippen LogP contribution in [-0.2, 0) is 6.54 Å². The minimum absolute atomic E-state index is 0.0403. The summed E-state index contributed by atoms with van der Waals surface area (Å²) in [6, 6.07) is 10.0.